The third kappa shape index (κ3) is 7.25. The van der Waals surface area contributed by atoms with Crippen LogP contribution in [0.2, 0.25) is 0 Å². The number of ether oxygens (including phenoxy) is 1. The van der Waals surface area contributed by atoms with E-state index < -0.39 is 23.6 Å². The third-order valence-electron chi connectivity index (χ3n) is 6.37. The van der Waals surface area contributed by atoms with Crippen molar-refractivity contribution < 1.29 is 17.9 Å². The second kappa shape index (κ2) is 13.4. The molecule has 1 nitrogen and oxygen atoms in total. The molecule has 0 saturated carbocycles. The molecule has 0 aliphatic heterocycles. The fraction of sp³-hybridized carbons (Fsp3) is 0.467. The van der Waals surface area contributed by atoms with E-state index in [1.807, 2.05) is 6.07 Å². The Morgan fingerprint density at radius 1 is 0.765 bits per heavy atom. The molecule has 0 fully saturated rings. The van der Waals surface area contributed by atoms with Gasteiger partial charge >= 0.3 is 0 Å². The van der Waals surface area contributed by atoms with Gasteiger partial charge in [0.05, 0.1) is 0 Å². The minimum absolute atomic E-state index is 0.269. The highest BCUT2D eigenvalue weighted by Crippen LogP contribution is 2.33. The summed E-state index contributed by atoms with van der Waals surface area (Å²) in [5.74, 6) is -2.08. The maximum absolute atomic E-state index is 15.0. The Morgan fingerprint density at radius 3 is 2.15 bits per heavy atom. The van der Waals surface area contributed by atoms with Crippen molar-refractivity contribution in [2.45, 2.75) is 84.2 Å². The molecule has 0 saturated heterocycles. The van der Waals surface area contributed by atoms with E-state index in [1.54, 1.807) is 12.1 Å². The van der Waals surface area contributed by atoms with Gasteiger partial charge in [0.1, 0.15) is 12.8 Å². The quantitative estimate of drug-likeness (QED) is 0.213. The molecular weight excluding hydrogens is 433 g/mol. The van der Waals surface area contributed by atoms with Crippen LogP contribution in [0.15, 0.2) is 48.5 Å². The topological polar surface area (TPSA) is 9.23 Å². The average molecular weight is 471 g/mol. The second-order valence-corrected chi connectivity index (χ2v) is 9.20. The lowest BCUT2D eigenvalue weighted by atomic mass is 9.98. The Morgan fingerprint density at radius 2 is 1.44 bits per heavy atom. The predicted octanol–water partition coefficient (Wildman–Crippen LogP) is 9.60. The summed E-state index contributed by atoms with van der Waals surface area (Å²) < 4.78 is 49.0. The molecule has 3 rings (SSSR count). The van der Waals surface area contributed by atoms with Crippen molar-refractivity contribution in [2.75, 3.05) is 6.61 Å². The van der Waals surface area contributed by atoms with Crippen molar-refractivity contribution in [1.29, 1.82) is 0 Å². The molecule has 0 aliphatic rings. The Balaban J connectivity index is 1.68. The van der Waals surface area contributed by atoms with Crippen molar-refractivity contribution >= 4 is 10.8 Å². The largest absolute Gasteiger partial charge is 0.485 e. The number of benzene rings is 3. The van der Waals surface area contributed by atoms with Crippen molar-refractivity contribution in [1.82, 2.24) is 0 Å². The molecule has 184 valence electrons. The number of alkyl halides is 1. The summed E-state index contributed by atoms with van der Waals surface area (Å²) in [6.07, 6.45) is 8.96. The third-order valence-corrected chi connectivity index (χ3v) is 6.37. The van der Waals surface area contributed by atoms with Gasteiger partial charge < -0.3 is 4.74 Å². The molecule has 0 bridgehead atoms. The van der Waals surface area contributed by atoms with Gasteiger partial charge in [0.25, 0.3) is 0 Å². The molecule has 1 unspecified atom stereocenters. The SMILES string of the molecule is CCCCCCc1ccc(-c2ccc3c(F)c(OCC(F)CCCCCC)c(F)cc3c2)cc1. The number of hydrogen-bond acceptors (Lipinski definition) is 1. The van der Waals surface area contributed by atoms with E-state index in [9.17, 15) is 8.78 Å². The summed E-state index contributed by atoms with van der Waals surface area (Å²) in [6, 6.07) is 14.9. The Kier molecular flexibility index (Phi) is 10.3. The molecule has 34 heavy (non-hydrogen) atoms. The summed E-state index contributed by atoms with van der Waals surface area (Å²) >= 11 is 0. The zero-order chi connectivity index (χ0) is 24.3. The lowest BCUT2D eigenvalue weighted by molar-refractivity contribution is 0.174. The zero-order valence-electron chi connectivity index (χ0n) is 20.5. The molecule has 0 aromatic heterocycles. The molecule has 0 aliphatic carbocycles. The maximum atomic E-state index is 15.0. The minimum Gasteiger partial charge on any atom is -0.485 e. The average Bonchev–Trinajstić information content (AvgIpc) is 2.84. The zero-order valence-corrected chi connectivity index (χ0v) is 20.5. The van der Waals surface area contributed by atoms with Crippen LogP contribution < -0.4 is 4.74 Å². The highest BCUT2D eigenvalue weighted by Gasteiger charge is 2.18. The Hall–Kier alpha value is -2.49. The van der Waals surface area contributed by atoms with E-state index in [2.05, 4.69) is 38.1 Å². The summed E-state index contributed by atoms with van der Waals surface area (Å²) in [5, 5.41) is 0.728. The summed E-state index contributed by atoms with van der Waals surface area (Å²) in [6.45, 7) is 3.96. The number of fused-ring (bicyclic) bond motifs is 1. The van der Waals surface area contributed by atoms with Gasteiger partial charge in [0, 0.05) is 5.39 Å². The van der Waals surface area contributed by atoms with Crippen molar-refractivity contribution in [3.05, 3.63) is 65.7 Å². The highest BCUT2D eigenvalue weighted by atomic mass is 19.1. The van der Waals surface area contributed by atoms with Crippen molar-refractivity contribution in [2.24, 2.45) is 0 Å². The van der Waals surface area contributed by atoms with E-state index in [0.29, 0.717) is 11.8 Å². The molecule has 0 radical (unpaired) electrons. The lowest BCUT2D eigenvalue weighted by Gasteiger charge is -2.14. The number of aryl methyl sites for hydroxylation is 1. The van der Waals surface area contributed by atoms with Crippen molar-refractivity contribution in [3.8, 4) is 16.9 Å². The van der Waals surface area contributed by atoms with Crippen molar-refractivity contribution in [3.63, 3.8) is 0 Å². The molecule has 0 spiro atoms. The lowest BCUT2D eigenvalue weighted by Crippen LogP contribution is -2.14. The van der Waals surface area contributed by atoms with Crippen LogP contribution in [0.1, 0.15) is 77.2 Å². The van der Waals surface area contributed by atoms with Crippen LogP contribution in [-0.2, 0) is 6.42 Å². The summed E-state index contributed by atoms with van der Waals surface area (Å²) in [4.78, 5) is 0. The first-order valence-electron chi connectivity index (χ1n) is 12.8. The van der Waals surface area contributed by atoms with Crippen LogP contribution in [-0.4, -0.2) is 12.8 Å². The van der Waals surface area contributed by atoms with Gasteiger partial charge in [-0.3, -0.25) is 0 Å². The number of rotatable bonds is 14. The second-order valence-electron chi connectivity index (χ2n) is 9.20. The summed E-state index contributed by atoms with van der Waals surface area (Å²) in [5.41, 5.74) is 3.20. The first-order valence-corrected chi connectivity index (χ1v) is 12.8. The molecule has 0 N–H and O–H groups in total. The van der Waals surface area contributed by atoms with Gasteiger partial charge in [0.2, 0.25) is 0 Å². The van der Waals surface area contributed by atoms with Crippen LogP contribution in [0, 0.1) is 11.6 Å². The normalized spacial score (nSPS) is 12.3. The van der Waals surface area contributed by atoms with E-state index in [1.165, 1.54) is 37.3 Å². The maximum Gasteiger partial charge on any atom is 0.191 e. The number of hydrogen-bond donors (Lipinski definition) is 0. The molecule has 4 heteroatoms. The van der Waals surface area contributed by atoms with Gasteiger partial charge in [-0.25, -0.2) is 13.2 Å². The first-order chi connectivity index (χ1) is 16.5. The van der Waals surface area contributed by atoms with E-state index >= 15 is 4.39 Å². The highest BCUT2D eigenvalue weighted by molar-refractivity contribution is 5.89. The van der Waals surface area contributed by atoms with Gasteiger partial charge in [-0.05, 0) is 53.5 Å². The molecule has 0 heterocycles. The molecule has 3 aromatic rings. The van der Waals surface area contributed by atoms with Crippen LogP contribution in [0.25, 0.3) is 21.9 Å². The minimum atomic E-state index is -1.23. The first kappa shape index (κ1) is 26.1. The molecule has 3 aromatic carbocycles. The Labute approximate surface area is 202 Å². The molecule has 1 atom stereocenters. The monoisotopic (exact) mass is 470 g/mol. The molecule has 0 amide bonds. The van der Waals surface area contributed by atoms with E-state index in [4.69, 9.17) is 4.74 Å². The van der Waals surface area contributed by atoms with E-state index in [0.717, 1.165) is 43.2 Å². The standard InChI is InChI=1S/C30H37F3O/c1-3-5-7-9-11-22-13-15-23(16-14-22)24-17-18-27-25(19-24)20-28(32)30(29(27)33)34-21-26(31)12-10-8-6-4-2/h13-20,26H,3-12,21H2,1-2H3. The Bertz CT molecular complexity index is 1030. The number of unbranched alkanes of at least 4 members (excludes halogenated alkanes) is 6. The van der Waals surface area contributed by atoms with Crippen LogP contribution in [0.3, 0.4) is 0 Å². The summed E-state index contributed by atoms with van der Waals surface area (Å²) in [7, 11) is 0. The smallest absolute Gasteiger partial charge is 0.191 e. The van der Waals surface area contributed by atoms with Gasteiger partial charge in [-0.15, -0.1) is 0 Å². The van der Waals surface area contributed by atoms with E-state index in [-0.39, 0.29) is 12.0 Å². The van der Waals surface area contributed by atoms with Gasteiger partial charge in [0.15, 0.2) is 17.4 Å². The van der Waals surface area contributed by atoms with Gasteiger partial charge in [-0.1, -0.05) is 95.2 Å². The fourth-order valence-corrected chi connectivity index (χ4v) is 4.29. The molecular formula is C30H37F3O. The van der Waals surface area contributed by atoms with Crippen LogP contribution in [0.5, 0.6) is 5.75 Å². The van der Waals surface area contributed by atoms with Crippen LogP contribution in [0.4, 0.5) is 13.2 Å². The predicted molar refractivity (Wildman–Crippen MR) is 136 cm³/mol. The van der Waals surface area contributed by atoms with Crippen LogP contribution >= 0.6 is 0 Å². The van der Waals surface area contributed by atoms with Gasteiger partial charge in [-0.2, -0.15) is 0 Å². The number of halogens is 3. The fourth-order valence-electron chi connectivity index (χ4n) is 4.29.